The first-order valence-electron chi connectivity index (χ1n) is 7.86. The summed E-state index contributed by atoms with van der Waals surface area (Å²) in [6, 6.07) is 8.81. The largest absolute Gasteiger partial charge is 0.342 e. The minimum Gasteiger partial charge on any atom is -0.342 e. The quantitative estimate of drug-likeness (QED) is 0.745. The van der Waals surface area contributed by atoms with Crippen LogP contribution in [0.4, 0.5) is 0 Å². The number of imidazole rings is 1. The van der Waals surface area contributed by atoms with E-state index in [1.807, 2.05) is 26.0 Å². The van der Waals surface area contributed by atoms with Crippen LogP contribution in [0, 0.1) is 6.92 Å². The van der Waals surface area contributed by atoms with Crippen molar-refractivity contribution in [3.05, 3.63) is 54.1 Å². The molecular formula is C17H20N4O2S. The number of sulfonamides is 1. The van der Waals surface area contributed by atoms with Crippen LogP contribution in [0.15, 0.2) is 47.6 Å². The molecule has 0 aliphatic heterocycles. The number of hydrogen-bond acceptors (Lipinski definition) is 4. The topological polar surface area (TPSA) is 79.0 Å². The molecule has 0 bridgehead atoms. The average Bonchev–Trinajstić information content (AvgIpc) is 2.95. The minimum absolute atomic E-state index is 0.287. The maximum Gasteiger partial charge on any atom is 0.243 e. The number of aryl methyl sites for hydroxylation is 1. The Bertz CT molecular complexity index is 936. The fourth-order valence-electron chi connectivity index (χ4n) is 2.68. The summed E-state index contributed by atoms with van der Waals surface area (Å²) in [7, 11) is -3.53. The third-order valence-electron chi connectivity index (χ3n) is 3.96. The number of likely N-dealkylation sites (N-methyl/N-ethyl adjacent to an activating group) is 1. The van der Waals surface area contributed by atoms with Crippen LogP contribution >= 0.6 is 0 Å². The molecule has 0 amide bonds. The molecule has 7 heteroatoms. The number of rotatable bonds is 6. The summed E-state index contributed by atoms with van der Waals surface area (Å²) in [6.07, 6.45) is 4.09. The lowest BCUT2D eigenvalue weighted by Crippen LogP contribution is -2.32. The fourth-order valence-corrected chi connectivity index (χ4v) is 4.15. The fraction of sp³-hybridized carbons (Fsp3) is 0.294. The van der Waals surface area contributed by atoms with E-state index in [2.05, 4.69) is 15.0 Å². The Morgan fingerprint density at radius 3 is 2.62 bits per heavy atom. The lowest BCUT2D eigenvalue weighted by atomic mass is 10.2. The van der Waals surface area contributed by atoms with E-state index in [1.165, 1.54) is 4.31 Å². The minimum atomic E-state index is -3.53. The summed E-state index contributed by atoms with van der Waals surface area (Å²) >= 11 is 0. The van der Waals surface area contributed by atoms with Gasteiger partial charge in [-0.15, -0.1) is 0 Å². The van der Waals surface area contributed by atoms with Gasteiger partial charge >= 0.3 is 0 Å². The van der Waals surface area contributed by atoms with Crippen LogP contribution in [0.5, 0.6) is 0 Å². The Balaban J connectivity index is 1.85. The highest BCUT2D eigenvalue weighted by atomic mass is 32.2. The summed E-state index contributed by atoms with van der Waals surface area (Å²) in [4.78, 5) is 11.7. The van der Waals surface area contributed by atoms with Crippen molar-refractivity contribution in [2.24, 2.45) is 0 Å². The van der Waals surface area contributed by atoms with Crippen molar-refractivity contribution in [2.75, 3.05) is 13.1 Å². The maximum absolute atomic E-state index is 12.9. The monoisotopic (exact) mass is 344 g/mol. The van der Waals surface area contributed by atoms with Crippen molar-refractivity contribution in [3.8, 4) is 0 Å². The van der Waals surface area contributed by atoms with Gasteiger partial charge in [-0.3, -0.25) is 4.98 Å². The summed E-state index contributed by atoms with van der Waals surface area (Å²) in [5, 5.41) is 0. The molecule has 0 radical (unpaired) electrons. The summed E-state index contributed by atoms with van der Waals surface area (Å²) in [5.41, 5.74) is 2.57. The molecule has 0 aliphatic rings. The SMILES string of the molecule is CCN(CCc1ccncc1)S(=O)(=O)c1ccc2nc(C)[nH]c2c1. The zero-order chi connectivity index (χ0) is 17.2. The van der Waals surface area contributed by atoms with Crippen molar-refractivity contribution in [2.45, 2.75) is 25.2 Å². The number of aromatic nitrogens is 3. The summed E-state index contributed by atoms with van der Waals surface area (Å²) in [6.45, 7) is 4.56. The first kappa shape index (κ1) is 16.6. The van der Waals surface area contributed by atoms with Crippen LogP contribution in [0.2, 0.25) is 0 Å². The van der Waals surface area contributed by atoms with Crippen LogP contribution in [0.3, 0.4) is 0 Å². The number of fused-ring (bicyclic) bond motifs is 1. The number of nitrogens with zero attached hydrogens (tertiary/aromatic N) is 3. The van der Waals surface area contributed by atoms with Crippen molar-refractivity contribution in [3.63, 3.8) is 0 Å². The van der Waals surface area contributed by atoms with Gasteiger partial charge in [0, 0.05) is 25.5 Å². The Kier molecular flexibility index (Phi) is 4.64. The van der Waals surface area contributed by atoms with Crippen LogP contribution in [0.1, 0.15) is 18.3 Å². The van der Waals surface area contributed by atoms with Gasteiger partial charge in [0.1, 0.15) is 5.82 Å². The second-order valence-corrected chi connectivity index (χ2v) is 7.54. The Hall–Kier alpha value is -2.25. The number of H-pyrrole nitrogens is 1. The summed E-state index contributed by atoms with van der Waals surface area (Å²) in [5.74, 6) is 0.768. The Morgan fingerprint density at radius 2 is 1.92 bits per heavy atom. The van der Waals surface area contributed by atoms with Gasteiger partial charge in [-0.1, -0.05) is 6.92 Å². The van der Waals surface area contributed by atoms with E-state index in [4.69, 9.17) is 0 Å². The molecule has 1 aromatic carbocycles. The molecule has 0 saturated heterocycles. The Morgan fingerprint density at radius 1 is 1.17 bits per heavy atom. The molecule has 126 valence electrons. The molecule has 3 rings (SSSR count). The van der Waals surface area contributed by atoms with Crippen LogP contribution in [-0.4, -0.2) is 40.8 Å². The third kappa shape index (κ3) is 3.32. The van der Waals surface area contributed by atoms with Gasteiger partial charge in [-0.25, -0.2) is 13.4 Å². The molecule has 0 fully saturated rings. The predicted molar refractivity (Wildman–Crippen MR) is 93.2 cm³/mol. The standard InChI is InChI=1S/C17H20N4O2S/c1-3-21(11-8-14-6-9-18-10-7-14)24(22,23)15-4-5-16-17(12-15)20-13(2)19-16/h4-7,9-10,12H,3,8,11H2,1-2H3,(H,19,20). The highest BCUT2D eigenvalue weighted by molar-refractivity contribution is 7.89. The normalized spacial score (nSPS) is 12.1. The molecule has 0 aliphatic carbocycles. The molecule has 6 nitrogen and oxygen atoms in total. The molecule has 2 aromatic heterocycles. The van der Waals surface area contributed by atoms with Crippen molar-refractivity contribution >= 4 is 21.1 Å². The first-order chi connectivity index (χ1) is 11.5. The van der Waals surface area contributed by atoms with Crippen LogP contribution in [0.25, 0.3) is 11.0 Å². The lowest BCUT2D eigenvalue weighted by molar-refractivity contribution is 0.431. The molecule has 1 N–H and O–H groups in total. The van der Waals surface area contributed by atoms with Crippen molar-refractivity contribution in [1.82, 2.24) is 19.3 Å². The zero-order valence-corrected chi connectivity index (χ0v) is 14.5. The molecule has 0 unspecified atom stereocenters. The highest BCUT2D eigenvalue weighted by Gasteiger charge is 2.23. The molecule has 3 aromatic rings. The second-order valence-electron chi connectivity index (χ2n) is 5.60. The predicted octanol–water partition coefficient (Wildman–Crippen LogP) is 2.52. The van der Waals surface area contributed by atoms with E-state index in [0.29, 0.717) is 19.5 Å². The first-order valence-corrected chi connectivity index (χ1v) is 9.30. The molecule has 0 atom stereocenters. The molecule has 2 heterocycles. The number of benzene rings is 1. The highest BCUT2D eigenvalue weighted by Crippen LogP contribution is 2.21. The van der Waals surface area contributed by atoms with E-state index in [0.717, 1.165) is 22.4 Å². The van der Waals surface area contributed by atoms with Gasteiger partial charge in [-0.2, -0.15) is 4.31 Å². The van der Waals surface area contributed by atoms with Crippen molar-refractivity contribution < 1.29 is 8.42 Å². The van der Waals surface area contributed by atoms with E-state index < -0.39 is 10.0 Å². The zero-order valence-electron chi connectivity index (χ0n) is 13.7. The molecule has 0 saturated carbocycles. The van der Waals surface area contributed by atoms with E-state index >= 15 is 0 Å². The van der Waals surface area contributed by atoms with E-state index in [1.54, 1.807) is 30.6 Å². The van der Waals surface area contributed by atoms with E-state index in [-0.39, 0.29) is 4.90 Å². The van der Waals surface area contributed by atoms with Gasteiger partial charge in [0.15, 0.2) is 0 Å². The number of hydrogen-bond donors (Lipinski definition) is 1. The van der Waals surface area contributed by atoms with Crippen LogP contribution in [-0.2, 0) is 16.4 Å². The molecular weight excluding hydrogens is 324 g/mol. The lowest BCUT2D eigenvalue weighted by Gasteiger charge is -2.20. The van der Waals surface area contributed by atoms with Gasteiger partial charge in [0.2, 0.25) is 10.0 Å². The number of nitrogens with one attached hydrogen (secondary N) is 1. The van der Waals surface area contributed by atoms with Gasteiger partial charge < -0.3 is 4.98 Å². The van der Waals surface area contributed by atoms with E-state index in [9.17, 15) is 8.42 Å². The van der Waals surface area contributed by atoms with Crippen molar-refractivity contribution in [1.29, 1.82) is 0 Å². The Labute approximate surface area is 141 Å². The number of aromatic amines is 1. The third-order valence-corrected chi connectivity index (χ3v) is 5.93. The number of pyridine rings is 1. The smallest absolute Gasteiger partial charge is 0.243 e. The molecule has 24 heavy (non-hydrogen) atoms. The second kappa shape index (κ2) is 6.70. The average molecular weight is 344 g/mol. The van der Waals surface area contributed by atoms with Gasteiger partial charge in [0.05, 0.1) is 15.9 Å². The van der Waals surface area contributed by atoms with Gasteiger partial charge in [-0.05, 0) is 49.2 Å². The molecule has 0 spiro atoms. The summed E-state index contributed by atoms with van der Waals surface area (Å²) < 4.78 is 27.3. The van der Waals surface area contributed by atoms with Crippen LogP contribution < -0.4 is 0 Å². The van der Waals surface area contributed by atoms with Gasteiger partial charge in [0.25, 0.3) is 0 Å². The maximum atomic E-state index is 12.9.